The van der Waals surface area contributed by atoms with E-state index in [9.17, 15) is 4.79 Å². The average Bonchev–Trinajstić information content (AvgIpc) is 3.03. The average molecular weight is 545 g/mol. The van der Waals surface area contributed by atoms with Gasteiger partial charge in [0.25, 0.3) is 5.91 Å². The number of thioether (sulfide) groups is 1. The van der Waals surface area contributed by atoms with Gasteiger partial charge < -0.3 is 4.74 Å². The molecule has 0 aromatic heterocycles. The van der Waals surface area contributed by atoms with Crippen molar-refractivity contribution in [3.05, 3.63) is 97.3 Å². The molecule has 0 unspecified atom stereocenters. The van der Waals surface area contributed by atoms with E-state index in [0.717, 1.165) is 32.6 Å². The van der Waals surface area contributed by atoms with E-state index in [0.29, 0.717) is 20.9 Å². The first-order valence-corrected chi connectivity index (χ1v) is 12.2. The van der Waals surface area contributed by atoms with Crippen LogP contribution in [0.2, 0.25) is 5.02 Å². The Kier molecular flexibility index (Phi) is 7.05. The predicted octanol–water partition coefficient (Wildman–Crippen LogP) is 7.70. The Morgan fingerprint density at radius 3 is 2.50 bits per heavy atom. The first kappa shape index (κ1) is 23.1. The molecule has 1 amide bonds. The maximum atomic E-state index is 13.1. The van der Waals surface area contributed by atoms with Gasteiger partial charge in [0.15, 0.2) is 4.32 Å². The van der Waals surface area contributed by atoms with Gasteiger partial charge in [-0.05, 0) is 94.5 Å². The smallest absolute Gasteiger partial charge is 0.270 e. The molecule has 4 rings (SSSR count). The van der Waals surface area contributed by atoms with E-state index in [1.807, 2.05) is 80.6 Å². The number of amides is 1. The number of carbonyl (C=O) groups excluding carboxylic acids is 1. The fraction of sp³-hybridized carbons (Fsp3) is 0.120. The van der Waals surface area contributed by atoms with Crippen LogP contribution >= 0.6 is 51.5 Å². The summed E-state index contributed by atoms with van der Waals surface area (Å²) in [5.41, 5.74) is 5.01. The highest BCUT2D eigenvalue weighted by Crippen LogP contribution is 2.37. The van der Waals surface area contributed by atoms with Gasteiger partial charge >= 0.3 is 0 Å². The Morgan fingerprint density at radius 2 is 1.81 bits per heavy atom. The summed E-state index contributed by atoms with van der Waals surface area (Å²) in [4.78, 5) is 15.2. The summed E-state index contributed by atoms with van der Waals surface area (Å²) >= 11 is 16.3. The monoisotopic (exact) mass is 543 g/mol. The fourth-order valence-electron chi connectivity index (χ4n) is 3.17. The summed E-state index contributed by atoms with van der Waals surface area (Å²) in [5.74, 6) is 0.613. The third-order valence-corrected chi connectivity index (χ3v) is 7.28. The van der Waals surface area contributed by atoms with E-state index in [2.05, 4.69) is 15.9 Å². The number of benzene rings is 3. The van der Waals surface area contributed by atoms with Crippen LogP contribution in [-0.4, -0.2) is 10.2 Å². The van der Waals surface area contributed by atoms with Gasteiger partial charge in [0.1, 0.15) is 12.4 Å². The third-order valence-electron chi connectivity index (χ3n) is 5.10. The third kappa shape index (κ3) is 5.09. The van der Waals surface area contributed by atoms with Crippen molar-refractivity contribution >= 4 is 73.5 Å². The number of hydrogen-bond acceptors (Lipinski definition) is 4. The van der Waals surface area contributed by atoms with Crippen LogP contribution in [0.4, 0.5) is 5.69 Å². The van der Waals surface area contributed by atoms with Crippen molar-refractivity contribution in [3.8, 4) is 5.75 Å². The largest absolute Gasteiger partial charge is 0.488 e. The zero-order chi connectivity index (χ0) is 22.8. The minimum atomic E-state index is -0.109. The van der Waals surface area contributed by atoms with Crippen LogP contribution in [0, 0.1) is 13.8 Å². The molecule has 0 radical (unpaired) electrons. The molecule has 0 spiro atoms. The molecule has 0 atom stereocenters. The SMILES string of the molecule is Cc1ccc(N2C(=O)/C(=C\c3ccc(OCc4ccc(Cl)cc4)c(Br)c3)SC2=S)cc1C. The van der Waals surface area contributed by atoms with Crippen molar-refractivity contribution in [1.29, 1.82) is 0 Å². The Balaban J connectivity index is 1.50. The second kappa shape index (κ2) is 9.79. The molecule has 0 aliphatic carbocycles. The van der Waals surface area contributed by atoms with Crippen molar-refractivity contribution in [2.45, 2.75) is 20.5 Å². The predicted molar refractivity (Wildman–Crippen MR) is 141 cm³/mol. The summed E-state index contributed by atoms with van der Waals surface area (Å²) in [6, 6.07) is 19.2. The van der Waals surface area contributed by atoms with Crippen molar-refractivity contribution in [2.24, 2.45) is 0 Å². The molecule has 0 bridgehead atoms. The van der Waals surface area contributed by atoms with E-state index in [-0.39, 0.29) is 5.91 Å². The van der Waals surface area contributed by atoms with Crippen LogP contribution in [0.15, 0.2) is 70.0 Å². The van der Waals surface area contributed by atoms with E-state index in [1.54, 1.807) is 4.90 Å². The molecule has 1 aliphatic heterocycles. The molecular weight excluding hydrogens is 526 g/mol. The first-order chi connectivity index (χ1) is 15.3. The van der Waals surface area contributed by atoms with Crippen LogP contribution in [0.1, 0.15) is 22.3 Å². The lowest BCUT2D eigenvalue weighted by atomic mass is 10.1. The molecule has 1 aliphatic rings. The molecule has 7 heteroatoms. The van der Waals surface area contributed by atoms with Crippen molar-refractivity contribution in [1.82, 2.24) is 0 Å². The second-order valence-electron chi connectivity index (χ2n) is 7.39. The quantitative estimate of drug-likeness (QED) is 0.243. The van der Waals surface area contributed by atoms with Gasteiger partial charge in [-0.15, -0.1) is 0 Å². The fourth-order valence-corrected chi connectivity index (χ4v) is 5.11. The Morgan fingerprint density at radius 1 is 1.06 bits per heavy atom. The molecule has 32 heavy (non-hydrogen) atoms. The number of aryl methyl sites for hydroxylation is 2. The summed E-state index contributed by atoms with van der Waals surface area (Å²) in [6.45, 7) is 4.51. The number of rotatable bonds is 5. The Bertz CT molecular complexity index is 1240. The van der Waals surface area contributed by atoms with E-state index in [1.165, 1.54) is 17.3 Å². The van der Waals surface area contributed by atoms with Crippen LogP contribution in [0.25, 0.3) is 6.08 Å². The van der Waals surface area contributed by atoms with Crippen molar-refractivity contribution in [2.75, 3.05) is 4.90 Å². The van der Waals surface area contributed by atoms with Crippen LogP contribution < -0.4 is 9.64 Å². The van der Waals surface area contributed by atoms with Gasteiger partial charge in [-0.3, -0.25) is 9.69 Å². The molecule has 0 saturated carbocycles. The highest BCUT2D eigenvalue weighted by atomic mass is 79.9. The molecule has 162 valence electrons. The molecule has 3 aromatic carbocycles. The zero-order valence-electron chi connectivity index (χ0n) is 17.4. The zero-order valence-corrected chi connectivity index (χ0v) is 21.4. The second-order valence-corrected chi connectivity index (χ2v) is 10.4. The summed E-state index contributed by atoms with van der Waals surface area (Å²) < 4.78 is 7.25. The molecular formula is C25H19BrClNO2S2. The Hall–Kier alpha value is -2.12. The normalized spacial score (nSPS) is 15.0. The van der Waals surface area contributed by atoms with E-state index in [4.69, 9.17) is 28.6 Å². The molecule has 3 nitrogen and oxygen atoms in total. The lowest BCUT2D eigenvalue weighted by molar-refractivity contribution is -0.113. The minimum Gasteiger partial charge on any atom is -0.488 e. The van der Waals surface area contributed by atoms with Crippen molar-refractivity contribution < 1.29 is 9.53 Å². The number of anilines is 1. The molecule has 0 N–H and O–H groups in total. The highest BCUT2D eigenvalue weighted by molar-refractivity contribution is 9.10. The summed E-state index contributed by atoms with van der Waals surface area (Å²) in [6.07, 6.45) is 1.86. The Labute approximate surface area is 210 Å². The number of ether oxygens (including phenoxy) is 1. The van der Waals surface area contributed by atoms with Gasteiger partial charge in [0.2, 0.25) is 0 Å². The van der Waals surface area contributed by atoms with Crippen molar-refractivity contribution in [3.63, 3.8) is 0 Å². The highest BCUT2D eigenvalue weighted by Gasteiger charge is 2.33. The van der Waals surface area contributed by atoms with Crippen LogP contribution in [-0.2, 0) is 11.4 Å². The number of hydrogen-bond donors (Lipinski definition) is 0. The first-order valence-electron chi connectivity index (χ1n) is 9.84. The lowest BCUT2D eigenvalue weighted by Gasteiger charge is -2.15. The summed E-state index contributed by atoms with van der Waals surface area (Å²) in [7, 11) is 0. The van der Waals surface area contributed by atoms with Gasteiger partial charge in [-0.2, -0.15) is 0 Å². The van der Waals surface area contributed by atoms with Gasteiger partial charge in [0.05, 0.1) is 15.1 Å². The van der Waals surface area contributed by atoms with E-state index >= 15 is 0 Å². The number of thiocarbonyl (C=S) groups is 1. The number of carbonyl (C=O) groups is 1. The molecule has 3 aromatic rings. The van der Waals surface area contributed by atoms with E-state index < -0.39 is 0 Å². The molecule has 1 heterocycles. The maximum Gasteiger partial charge on any atom is 0.270 e. The minimum absolute atomic E-state index is 0.109. The summed E-state index contributed by atoms with van der Waals surface area (Å²) in [5, 5.41) is 0.696. The van der Waals surface area contributed by atoms with Gasteiger partial charge in [-0.25, -0.2) is 0 Å². The topological polar surface area (TPSA) is 29.5 Å². The van der Waals surface area contributed by atoms with Crippen LogP contribution in [0.5, 0.6) is 5.75 Å². The standard InChI is InChI=1S/C25H19BrClNO2S2/c1-15-3-9-20(11-16(15)2)28-24(29)23(32-25(28)31)13-18-6-10-22(21(26)12-18)30-14-17-4-7-19(27)8-5-17/h3-13H,14H2,1-2H3/b23-13+. The van der Waals surface area contributed by atoms with Crippen LogP contribution in [0.3, 0.4) is 0 Å². The molecule has 1 fully saturated rings. The number of nitrogens with zero attached hydrogens (tertiary/aromatic N) is 1. The van der Waals surface area contributed by atoms with Gasteiger partial charge in [-0.1, -0.05) is 59.8 Å². The van der Waals surface area contributed by atoms with Gasteiger partial charge in [0, 0.05) is 5.02 Å². The maximum absolute atomic E-state index is 13.1. The lowest BCUT2D eigenvalue weighted by Crippen LogP contribution is -2.27. The molecule has 1 saturated heterocycles. The number of halogens is 2.